The third-order valence-corrected chi connectivity index (χ3v) is 3.86. The second-order valence-corrected chi connectivity index (χ2v) is 5.68. The minimum Gasteiger partial charge on any atom is -0.389 e. The van der Waals surface area contributed by atoms with Gasteiger partial charge in [0, 0.05) is 31.5 Å². The Morgan fingerprint density at radius 2 is 2.06 bits per heavy atom. The lowest BCUT2D eigenvalue weighted by atomic mass is 9.94. The smallest absolute Gasteiger partial charge is 0.0946 e. The van der Waals surface area contributed by atoms with E-state index in [1.165, 1.54) is 12.8 Å². The van der Waals surface area contributed by atoms with Gasteiger partial charge in [-0.25, -0.2) is 4.98 Å². The molecular formula is C14H25N3O. The number of nitrogens with one attached hydrogen (secondary N) is 1. The van der Waals surface area contributed by atoms with Gasteiger partial charge in [0.15, 0.2) is 0 Å². The molecule has 1 aromatic heterocycles. The predicted octanol–water partition coefficient (Wildman–Crippen LogP) is 1.95. The van der Waals surface area contributed by atoms with Gasteiger partial charge in [-0.15, -0.1) is 0 Å². The number of rotatable bonds is 5. The first-order chi connectivity index (χ1) is 8.68. The van der Waals surface area contributed by atoms with Gasteiger partial charge in [-0.1, -0.05) is 25.7 Å². The van der Waals surface area contributed by atoms with E-state index in [2.05, 4.69) is 21.8 Å². The molecule has 1 atom stereocenters. The quantitative estimate of drug-likeness (QED) is 0.786. The fourth-order valence-electron chi connectivity index (χ4n) is 2.70. The van der Waals surface area contributed by atoms with Crippen LogP contribution in [0.15, 0.2) is 18.7 Å². The summed E-state index contributed by atoms with van der Waals surface area (Å²) >= 11 is 0. The van der Waals surface area contributed by atoms with Gasteiger partial charge >= 0.3 is 0 Å². The van der Waals surface area contributed by atoms with Gasteiger partial charge in [0.2, 0.25) is 0 Å². The molecule has 0 aromatic carbocycles. The summed E-state index contributed by atoms with van der Waals surface area (Å²) in [6.07, 6.45) is 12.3. The van der Waals surface area contributed by atoms with E-state index < -0.39 is 5.60 Å². The molecule has 1 aliphatic rings. The molecule has 1 unspecified atom stereocenters. The third-order valence-electron chi connectivity index (χ3n) is 3.86. The Morgan fingerprint density at radius 1 is 1.33 bits per heavy atom. The van der Waals surface area contributed by atoms with E-state index in [9.17, 15) is 5.11 Å². The number of aromatic nitrogens is 2. The van der Waals surface area contributed by atoms with Crippen LogP contribution in [0, 0.1) is 0 Å². The van der Waals surface area contributed by atoms with Gasteiger partial charge in [0.1, 0.15) is 0 Å². The first kappa shape index (κ1) is 13.6. The largest absolute Gasteiger partial charge is 0.389 e. The summed E-state index contributed by atoms with van der Waals surface area (Å²) in [6.45, 7) is 3.76. The first-order valence-corrected chi connectivity index (χ1v) is 7.09. The maximum atomic E-state index is 10.5. The Bertz CT molecular complexity index is 329. The Hall–Kier alpha value is -0.870. The highest BCUT2D eigenvalue weighted by Crippen LogP contribution is 2.26. The molecule has 0 amide bonds. The Balaban J connectivity index is 1.75. The van der Waals surface area contributed by atoms with Crippen molar-refractivity contribution in [2.24, 2.45) is 0 Å². The zero-order chi connectivity index (χ0) is 12.8. The SMILES string of the molecule is CC(Cn1ccnc1)NCC1(O)CCCCCC1. The number of aliphatic hydroxyl groups is 1. The van der Waals surface area contributed by atoms with Crippen molar-refractivity contribution < 1.29 is 5.11 Å². The van der Waals surface area contributed by atoms with E-state index in [1.54, 1.807) is 6.20 Å². The first-order valence-electron chi connectivity index (χ1n) is 7.09. The molecule has 0 spiro atoms. The highest BCUT2D eigenvalue weighted by Gasteiger charge is 2.27. The molecule has 0 saturated heterocycles. The number of nitrogens with zero attached hydrogens (tertiary/aromatic N) is 2. The molecule has 18 heavy (non-hydrogen) atoms. The van der Waals surface area contributed by atoms with Crippen molar-refractivity contribution in [2.75, 3.05) is 6.54 Å². The second kappa shape index (κ2) is 6.34. The van der Waals surface area contributed by atoms with Crippen molar-refractivity contribution in [3.8, 4) is 0 Å². The summed E-state index contributed by atoms with van der Waals surface area (Å²) in [4.78, 5) is 4.04. The monoisotopic (exact) mass is 251 g/mol. The average Bonchev–Trinajstić information content (AvgIpc) is 2.75. The molecule has 1 saturated carbocycles. The maximum Gasteiger partial charge on any atom is 0.0946 e. The van der Waals surface area contributed by atoms with Crippen molar-refractivity contribution >= 4 is 0 Å². The van der Waals surface area contributed by atoms with Crippen LogP contribution in [0.5, 0.6) is 0 Å². The van der Waals surface area contributed by atoms with Crippen molar-refractivity contribution in [3.63, 3.8) is 0 Å². The van der Waals surface area contributed by atoms with Crippen LogP contribution in [-0.2, 0) is 6.54 Å². The number of hydrogen-bond donors (Lipinski definition) is 2. The summed E-state index contributed by atoms with van der Waals surface area (Å²) in [5.41, 5.74) is -0.486. The molecule has 2 rings (SSSR count). The van der Waals surface area contributed by atoms with Crippen LogP contribution in [-0.4, -0.2) is 32.8 Å². The standard InChI is InChI=1S/C14H25N3O/c1-13(10-17-9-8-15-12-17)16-11-14(18)6-4-2-3-5-7-14/h8-9,12-13,16,18H,2-7,10-11H2,1H3. The number of hydrogen-bond acceptors (Lipinski definition) is 3. The van der Waals surface area contributed by atoms with Crippen LogP contribution in [0.2, 0.25) is 0 Å². The van der Waals surface area contributed by atoms with Crippen molar-refractivity contribution in [3.05, 3.63) is 18.7 Å². The zero-order valence-corrected chi connectivity index (χ0v) is 11.3. The zero-order valence-electron chi connectivity index (χ0n) is 11.3. The summed E-state index contributed by atoms with van der Waals surface area (Å²) in [6, 6.07) is 0.353. The average molecular weight is 251 g/mol. The number of imidazole rings is 1. The minimum absolute atomic E-state index is 0.353. The molecule has 0 radical (unpaired) electrons. The van der Waals surface area contributed by atoms with E-state index in [0.717, 1.165) is 32.2 Å². The van der Waals surface area contributed by atoms with Crippen LogP contribution in [0.1, 0.15) is 45.4 Å². The predicted molar refractivity (Wildman–Crippen MR) is 72.3 cm³/mol. The highest BCUT2D eigenvalue weighted by atomic mass is 16.3. The van der Waals surface area contributed by atoms with Gasteiger partial charge in [0.25, 0.3) is 0 Å². The van der Waals surface area contributed by atoms with Gasteiger partial charge < -0.3 is 15.0 Å². The topological polar surface area (TPSA) is 50.1 Å². The summed E-state index contributed by atoms with van der Waals surface area (Å²) in [7, 11) is 0. The highest BCUT2D eigenvalue weighted by molar-refractivity contribution is 4.85. The fourth-order valence-corrected chi connectivity index (χ4v) is 2.70. The van der Waals surface area contributed by atoms with Gasteiger partial charge in [-0.3, -0.25) is 0 Å². The fraction of sp³-hybridized carbons (Fsp3) is 0.786. The molecule has 0 bridgehead atoms. The Kier molecular flexibility index (Phi) is 4.78. The van der Waals surface area contributed by atoms with Crippen LogP contribution < -0.4 is 5.32 Å². The Morgan fingerprint density at radius 3 is 2.67 bits per heavy atom. The third kappa shape index (κ3) is 4.10. The Labute approximate surface area is 109 Å². The maximum absolute atomic E-state index is 10.5. The van der Waals surface area contributed by atoms with E-state index in [0.29, 0.717) is 12.6 Å². The lowest BCUT2D eigenvalue weighted by Gasteiger charge is -2.29. The van der Waals surface area contributed by atoms with Crippen molar-refractivity contribution in [1.29, 1.82) is 0 Å². The summed E-state index contributed by atoms with van der Waals surface area (Å²) in [5.74, 6) is 0. The van der Waals surface area contributed by atoms with E-state index in [1.807, 2.05) is 12.5 Å². The molecule has 2 N–H and O–H groups in total. The lowest BCUT2D eigenvalue weighted by molar-refractivity contribution is 0.0227. The van der Waals surface area contributed by atoms with Crippen LogP contribution in [0.3, 0.4) is 0 Å². The molecule has 1 fully saturated rings. The molecule has 102 valence electrons. The molecule has 1 aliphatic carbocycles. The van der Waals surface area contributed by atoms with Gasteiger partial charge in [-0.2, -0.15) is 0 Å². The summed E-state index contributed by atoms with van der Waals surface area (Å²) < 4.78 is 2.06. The molecule has 1 heterocycles. The lowest BCUT2D eigenvalue weighted by Crippen LogP contribution is -2.44. The van der Waals surface area contributed by atoms with Crippen LogP contribution >= 0.6 is 0 Å². The molecule has 4 heteroatoms. The molecule has 1 aromatic rings. The van der Waals surface area contributed by atoms with E-state index in [-0.39, 0.29) is 0 Å². The molecule has 4 nitrogen and oxygen atoms in total. The molecule has 0 aliphatic heterocycles. The van der Waals surface area contributed by atoms with Gasteiger partial charge in [0.05, 0.1) is 11.9 Å². The van der Waals surface area contributed by atoms with Crippen molar-refractivity contribution in [2.45, 2.75) is 63.6 Å². The van der Waals surface area contributed by atoms with Crippen LogP contribution in [0.4, 0.5) is 0 Å². The van der Waals surface area contributed by atoms with E-state index in [4.69, 9.17) is 0 Å². The summed E-state index contributed by atoms with van der Waals surface area (Å²) in [5, 5.41) is 14.0. The van der Waals surface area contributed by atoms with Gasteiger partial charge in [-0.05, 0) is 19.8 Å². The van der Waals surface area contributed by atoms with E-state index >= 15 is 0 Å². The normalized spacial score (nSPS) is 21.4. The second-order valence-electron chi connectivity index (χ2n) is 5.68. The minimum atomic E-state index is -0.486. The molecular weight excluding hydrogens is 226 g/mol. The van der Waals surface area contributed by atoms with Crippen LogP contribution in [0.25, 0.3) is 0 Å². The van der Waals surface area contributed by atoms with Crippen molar-refractivity contribution in [1.82, 2.24) is 14.9 Å².